The molecular formula is C31H34Cl2N2O2S. The molecule has 1 aliphatic rings. The number of nitrogens with zero attached hydrogens (tertiary/aromatic N) is 1. The van der Waals surface area contributed by atoms with Gasteiger partial charge in [0.15, 0.2) is 0 Å². The molecular weight excluding hydrogens is 535 g/mol. The Morgan fingerprint density at radius 2 is 1.45 bits per heavy atom. The molecule has 1 atom stereocenters. The monoisotopic (exact) mass is 568 g/mol. The molecule has 0 spiro atoms. The van der Waals surface area contributed by atoms with Crippen LogP contribution in [-0.2, 0) is 28.3 Å². The van der Waals surface area contributed by atoms with E-state index in [-0.39, 0.29) is 23.6 Å². The zero-order valence-electron chi connectivity index (χ0n) is 21.5. The van der Waals surface area contributed by atoms with Gasteiger partial charge in [-0.05, 0) is 41.7 Å². The molecule has 2 amide bonds. The summed E-state index contributed by atoms with van der Waals surface area (Å²) in [6.45, 7) is 0.364. The van der Waals surface area contributed by atoms with Crippen LogP contribution in [-0.4, -0.2) is 34.6 Å². The summed E-state index contributed by atoms with van der Waals surface area (Å²) >= 11 is 14.1. The van der Waals surface area contributed by atoms with Crippen LogP contribution in [0, 0.1) is 0 Å². The molecule has 200 valence electrons. The highest BCUT2D eigenvalue weighted by Gasteiger charge is 2.31. The Hall–Kier alpha value is -2.47. The van der Waals surface area contributed by atoms with Crippen LogP contribution >= 0.6 is 35.0 Å². The van der Waals surface area contributed by atoms with E-state index in [1.807, 2.05) is 66.7 Å². The average Bonchev–Trinajstić information content (AvgIpc) is 2.94. The summed E-state index contributed by atoms with van der Waals surface area (Å²) in [7, 11) is 0. The van der Waals surface area contributed by atoms with Gasteiger partial charge in [0, 0.05) is 34.8 Å². The Balaban J connectivity index is 1.56. The molecule has 38 heavy (non-hydrogen) atoms. The maximum absolute atomic E-state index is 13.8. The number of nitrogens with one attached hydrogen (secondary N) is 1. The van der Waals surface area contributed by atoms with Crippen molar-refractivity contribution < 1.29 is 9.59 Å². The van der Waals surface area contributed by atoms with Crippen LogP contribution in [0.4, 0.5) is 0 Å². The van der Waals surface area contributed by atoms with Gasteiger partial charge in [0.1, 0.15) is 6.04 Å². The molecule has 1 N–H and O–H groups in total. The molecule has 0 aliphatic heterocycles. The summed E-state index contributed by atoms with van der Waals surface area (Å²) < 4.78 is 0. The number of thioether (sulfide) groups is 1. The third kappa shape index (κ3) is 8.26. The number of carbonyl (C=O) groups is 2. The zero-order valence-corrected chi connectivity index (χ0v) is 23.8. The van der Waals surface area contributed by atoms with E-state index in [0.29, 0.717) is 28.8 Å². The van der Waals surface area contributed by atoms with Crippen molar-refractivity contribution in [2.75, 3.05) is 5.75 Å². The van der Waals surface area contributed by atoms with Gasteiger partial charge >= 0.3 is 0 Å². The first kappa shape index (κ1) is 28.5. The Morgan fingerprint density at radius 1 is 0.842 bits per heavy atom. The van der Waals surface area contributed by atoms with Crippen LogP contribution in [0.5, 0.6) is 0 Å². The maximum atomic E-state index is 13.8. The molecule has 0 unspecified atom stereocenters. The fraction of sp³-hybridized carbons (Fsp3) is 0.355. The number of amides is 2. The Morgan fingerprint density at radius 3 is 2.08 bits per heavy atom. The van der Waals surface area contributed by atoms with Gasteiger partial charge < -0.3 is 10.2 Å². The van der Waals surface area contributed by atoms with Crippen LogP contribution in [0.2, 0.25) is 10.0 Å². The van der Waals surface area contributed by atoms with Crippen LogP contribution in [0.25, 0.3) is 0 Å². The smallest absolute Gasteiger partial charge is 0.243 e. The summed E-state index contributed by atoms with van der Waals surface area (Å²) in [6.07, 6.45) is 5.91. The van der Waals surface area contributed by atoms with E-state index in [2.05, 4.69) is 5.32 Å². The minimum Gasteiger partial charge on any atom is -0.352 e. The van der Waals surface area contributed by atoms with Gasteiger partial charge in [-0.1, -0.05) is 109 Å². The SMILES string of the molecule is O=C(NC1CCCCC1)[C@@H](Cc1ccccc1)N(Cc1ccccc1)C(=O)CSCc1c(Cl)cccc1Cl. The van der Waals surface area contributed by atoms with Crippen molar-refractivity contribution in [3.63, 3.8) is 0 Å². The summed E-state index contributed by atoms with van der Waals surface area (Å²) in [5, 5.41) is 4.46. The number of benzene rings is 3. The van der Waals surface area contributed by atoms with Gasteiger partial charge in [-0.15, -0.1) is 11.8 Å². The predicted octanol–water partition coefficient (Wildman–Crippen LogP) is 7.32. The molecule has 7 heteroatoms. The average molecular weight is 570 g/mol. The standard InChI is InChI=1S/C31H34Cl2N2O2S/c32-27-17-10-18-28(33)26(27)21-38-22-30(36)35(20-24-13-6-2-7-14-24)29(19-23-11-4-1-5-12-23)31(37)34-25-15-8-3-9-16-25/h1-2,4-7,10-14,17-18,25,29H,3,8-9,15-16,19-22H2,(H,34,37)/t29-/m1/s1. The van der Waals surface area contributed by atoms with E-state index < -0.39 is 6.04 Å². The van der Waals surface area contributed by atoms with Crippen LogP contribution < -0.4 is 5.32 Å². The van der Waals surface area contributed by atoms with Gasteiger partial charge in [-0.3, -0.25) is 9.59 Å². The topological polar surface area (TPSA) is 49.4 Å². The van der Waals surface area contributed by atoms with E-state index >= 15 is 0 Å². The molecule has 1 aliphatic carbocycles. The lowest BCUT2D eigenvalue weighted by molar-refractivity contribution is -0.139. The quantitative estimate of drug-likeness (QED) is 0.263. The van der Waals surface area contributed by atoms with Crippen molar-refractivity contribution in [1.29, 1.82) is 0 Å². The number of rotatable bonds is 11. The Kier molecular flexibility index (Phi) is 11.0. The van der Waals surface area contributed by atoms with Gasteiger partial charge in [0.25, 0.3) is 0 Å². The lowest BCUT2D eigenvalue weighted by Crippen LogP contribution is -2.53. The predicted molar refractivity (Wildman–Crippen MR) is 159 cm³/mol. The second kappa shape index (κ2) is 14.6. The van der Waals surface area contributed by atoms with E-state index in [1.54, 1.807) is 17.0 Å². The maximum Gasteiger partial charge on any atom is 0.243 e. The van der Waals surface area contributed by atoms with Crippen LogP contribution in [0.3, 0.4) is 0 Å². The normalized spacial score (nSPS) is 14.6. The highest BCUT2D eigenvalue weighted by atomic mass is 35.5. The molecule has 4 nitrogen and oxygen atoms in total. The molecule has 1 saturated carbocycles. The summed E-state index contributed by atoms with van der Waals surface area (Å²) in [5.74, 6) is 0.572. The molecule has 4 rings (SSSR count). The van der Waals surface area contributed by atoms with Crippen LogP contribution in [0.15, 0.2) is 78.9 Å². The van der Waals surface area contributed by atoms with Crippen molar-refractivity contribution >= 4 is 46.8 Å². The lowest BCUT2D eigenvalue weighted by atomic mass is 9.94. The molecule has 0 heterocycles. The number of hydrogen-bond acceptors (Lipinski definition) is 3. The zero-order chi connectivity index (χ0) is 26.7. The van der Waals surface area contributed by atoms with Gasteiger partial charge in [-0.25, -0.2) is 0 Å². The molecule has 3 aromatic rings. The number of halogens is 2. The fourth-order valence-electron chi connectivity index (χ4n) is 4.87. The van der Waals surface area contributed by atoms with E-state index in [4.69, 9.17) is 23.2 Å². The molecule has 0 aromatic heterocycles. The third-order valence-corrected chi connectivity index (χ3v) is 8.60. The van der Waals surface area contributed by atoms with Crippen molar-refractivity contribution in [2.45, 2.75) is 62.9 Å². The second-order valence-corrected chi connectivity index (χ2v) is 11.5. The number of hydrogen-bond donors (Lipinski definition) is 1. The fourth-order valence-corrected chi connectivity index (χ4v) is 6.52. The highest BCUT2D eigenvalue weighted by molar-refractivity contribution is 7.99. The third-order valence-electron chi connectivity index (χ3n) is 6.95. The van der Waals surface area contributed by atoms with Crippen LogP contribution in [0.1, 0.15) is 48.8 Å². The first-order valence-corrected chi connectivity index (χ1v) is 15.1. The first-order chi connectivity index (χ1) is 18.5. The molecule has 0 saturated heterocycles. The first-order valence-electron chi connectivity index (χ1n) is 13.2. The van der Waals surface area contributed by atoms with Gasteiger partial charge in [-0.2, -0.15) is 0 Å². The molecule has 0 bridgehead atoms. The Bertz CT molecular complexity index is 1170. The number of carbonyl (C=O) groups excluding carboxylic acids is 2. The highest BCUT2D eigenvalue weighted by Crippen LogP contribution is 2.29. The molecule has 1 fully saturated rings. The van der Waals surface area contributed by atoms with Crippen molar-refractivity contribution in [2.24, 2.45) is 0 Å². The van der Waals surface area contributed by atoms with E-state index in [1.165, 1.54) is 18.2 Å². The van der Waals surface area contributed by atoms with Crippen molar-refractivity contribution in [3.05, 3.63) is 106 Å². The lowest BCUT2D eigenvalue weighted by Gasteiger charge is -2.33. The van der Waals surface area contributed by atoms with Crippen molar-refractivity contribution in [3.8, 4) is 0 Å². The summed E-state index contributed by atoms with van der Waals surface area (Å²) in [6, 6.07) is 24.8. The largest absolute Gasteiger partial charge is 0.352 e. The second-order valence-electron chi connectivity index (χ2n) is 9.75. The molecule has 0 radical (unpaired) electrons. The van der Waals surface area contributed by atoms with E-state index in [9.17, 15) is 9.59 Å². The van der Waals surface area contributed by atoms with Gasteiger partial charge in [0.2, 0.25) is 11.8 Å². The Labute approximate surface area is 240 Å². The summed E-state index contributed by atoms with van der Waals surface area (Å²) in [5.41, 5.74) is 2.83. The summed E-state index contributed by atoms with van der Waals surface area (Å²) in [4.78, 5) is 29.3. The minimum absolute atomic E-state index is 0.0795. The van der Waals surface area contributed by atoms with E-state index in [0.717, 1.165) is 42.4 Å². The minimum atomic E-state index is -0.614. The van der Waals surface area contributed by atoms with Crippen molar-refractivity contribution in [1.82, 2.24) is 10.2 Å². The molecule has 3 aromatic carbocycles. The van der Waals surface area contributed by atoms with Gasteiger partial charge in [0.05, 0.1) is 5.75 Å².